The molecular formula is C19H23N5S. The second-order valence-corrected chi connectivity index (χ2v) is 6.56. The van der Waals surface area contributed by atoms with Gasteiger partial charge in [0.2, 0.25) is 0 Å². The molecule has 0 unspecified atom stereocenters. The van der Waals surface area contributed by atoms with Crippen LogP contribution in [-0.4, -0.2) is 26.0 Å². The third-order valence-corrected chi connectivity index (χ3v) is 4.51. The van der Waals surface area contributed by atoms with Crippen LogP contribution in [0.25, 0.3) is 16.8 Å². The van der Waals surface area contributed by atoms with Gasteiger partial charge in [-0.25, -0.2) is 9.67 Å². The van der Waals surface area contributed by atoms with Crippen LogP contribution in [0.1, 0.15) is 30.4 Å². The molecule has 0 radical (unpaired) electrons. The fraction of sp³-hybridized carbons (Fsp3) is 0.316. The molecule has 130 valence electrons. The quantitative estimate of drug-likeness (QED) is 0.657. The summed E-state index contributed by atoms with van der Waals surface area (Å²) in [4.78, 5) is 8.91. The topological polar surface area (TPSA) is 55.6 Å². The van der Waals surface area contributed by atoms with Crippen molar-refractivity contribution in [3.05, 3.63) is 53.7 Å². The number of rotatable bonds is 6. The van der Waals surface area contributed by atoms with Crippen molar-refractivity contribution in [3.8, 4) is 16.8 Å². The van der Waals surface area contributed by atoms with Crippen molar-refractivity contribution < 1.29 is 0 Å². The van der Waals surface area contributed by atoms with Crippen LogP contribution in [0.15, 0.2) is 36.7 Å². The summed E-state index contributed by atoms with van der Waals surface area (Å²) in [6, 6.07) is 8.21. The Morgan fingerprint density at radius 2 is 2.00 bits per heavy atom. The molecule has 0 fully saturated rings. The van der Waals surface area contributed by atoms with E-state index in [0.29, 0.717) is 0 Å². The zero-order valence-corrected chi connectivity index (χ0v) is 15.9. The lowest BCUT2D eigenvalue weighted by atomic mass is 10.1. The average Bonchev–Trinajstić information content (AvgIpc) is 2.91. The molecule has 3 heterocycles. The molecule has 0 saturated carbocycles. The second kappa shape index (κ2) is 7.70. The number of pyridine rings is 2. The van der Waals surface area contributed by atoms with Gasteiger partial charge in [-0.15, -0.1) is 0 Å². The van der Waals surface area contributed by atoms with E-state index in [1.165, 1.54) is 11.9 Å². The molecule has 0 amide bonds. The zero-order valence-electron chi connectivity index (χ0n) is 15.1. The first-order valence-corrected chi connectivity index (χ1v) is 9.63. The summed E-state index contributed by atoms with van der Waals surface area (Å²) in [5, 5.41) is 4.76. The fourth-order valence-electron chi connectivity index (χ4n) is 3.01. The number of nitrogens with zero attached hydrogens (tertiary/aromatic N) is 4. The Kier molecular flexibility index (Phi) is 5.38. The van der Waals surface area contributed by atoms with Gasteiger partial charge >= 0.3 is 0 Å². The number of anilines is 1. The molecule has 3 rings (SSSR count). The standard InChI is InChI=1S/C19H23N5S/c1-5-6-16-11-17(9-10-20-16)24-14(3)19(13(2)22-24)15-7-8-18(21-12-15)23-25-4/h7-12H,5-6H2,1-4H3,(H,21,23). The maximum atomic E-state index is 4.76. The first-order valence-electron chi connectivity index (χ1n) is 8.41. The summed E-state index contributed by atoms with van der Waals surface area (Å²) in [6.45, 7) is 6.31. The van der Waals surface area contributed by atoms with Gasteiger partial charge in [0.05, 0.1) is 11.4 Å². The van der Waals surface area contributed by atoms with Gasteiger partial charge in [0.15, 0.2) is 0 Å². The number of aromatic nitrogens is 4. The van der Waals surface area contributed by atoms with E-state index in [1.54, 1.807) is 0 Å². The highest BCUT2D eigenvalue weighted by molar-refractivity contribution is 7.99. The minimum atomic E-state index is 0.859. The lowest BCUT2D eigenvalue weighted by Crippen LogP contribution is -2.01. The van der Waals surface area contributed by atoms with E-state index in [-0.39, 0.29) is 0 Å². The lowest BCUT2D eigenvalue weighted by Gasteiger charge is -2.08. The molecule has 5 nitrogen and oxygen atoms in total. The van der Waals surface area contributed by atoms with E-state index >= 15 is 0 Å². The molecular weight excluding hydrogens is 330 g/mol. The summed E-state index contributed by atoms with van der Waals surface area (Å²) in [7, 11) is 0. The van der Waals surface area contributed by atoms with Crippen LogP contribution in [0.3, 0.4) is 0 Å². The summed E-state index contributed by atoms with van der Waals surface area (Å²) in [5.74, 6) is 0.859. The largest absolute Gasteiger partial charge is 0.315 e. The Morgan fingerprint density at radius 1 is 1.16 bits per heavy atom. The number of hydrogen-bond donors (Lipinski definition) is 1. The Balaban J connectivity index is 1.99. The SMILES string of the molecule is CCCc1cc(-n2nc(C)c(-c3ccc(NSC)nc3)c2C)ccn1. The van der Waals surface area contributed by atoms with Crippen LogP contribution in [0.4, 0.5) is 5.82 Å². The van der Waals surface area contributed by atoms with Gasteiger partial charge in [0.1, 0.15) is 5.82 Å². The molecule has 0 spiro atoms. The maximum absolute atomic E-state index is 4.76. The molecule has 0 saturated heterocycles. The van der Waals surface area contributed by atoms with E-state index in [4.69, 9.17) is 5.10 Å². The van der Waals surface area contributed by atoms with E-state index in [2.05, 4.69) is 40.7 Å². The van der Waals surface area contributed by atoms with Gasteiger partial charge in [0, 0.05) is 41.2 Å². The van der Waals surface area contributed by atoms with Crippen LogP contribution < -0.4 is 4.72 Å². The second-order valence-electron chi connectivity index (χ2n) is 5.95. The van der Waals surface area contributed by atoms with Crippen LogP contribution in [0.5, 0.6) is 0 Å². The first kappa shape index (κ1) is 17.5. The molecule has 6 heteroatoms. The Bertz CT molecular complexity index is 855. The van der Waals surface area contributed by atoms with Crippen LogP contribution in [0.2, 0.25) is 0 Å². The van der Waals surface area contributed by atoms with Gasteiger partial charge in [-0.2, -0.15) is 5.10 Å². The van der Waals surface area contributed by atoms with Crippen molar-refractivity contribution in [2.45, 2.75) is 33.6 Å². The summed E-state index contributed by atoms with van der Waals surface area (Å²) >= 11 is 1.53. The van der Waals surface area contributed by atoms with Crippen molar-refractivity contribution in [1.82, 2.24) is 19.7 Å². The molecule has 0 aromatic carbocycles. The highest BCUT2D eigenvalue weighted by Gasteiger charge is 2.15. The molecule has 0 atom stereocenters. The number of hydrogen-bond acceptors (Lipinski definition) is 5. The molecule has 0 aliphatic carbocycles. The zero-order chi connectivity index (χ0) is 17.8. The Hall–Kier alpha value is -2.34. The maximum Gasteiger partial charge on any atom is 0.135 e. The van der Waals surface area contributed by atoms with E-state index in [9.17, 15) is 0 Å². The van der Waals surface area contributed by atoms with Gasteiger partial charge in [-0.1, -0.05) is 25.3 Å². The minimum Gasteiger partial charge on any atom is -0.315 e. The molecule has 25 heavy (non-hydrogen) atoms. The first-order chi connectivity index (χ1) is 12.1. The van der Waals surface area contributed by atoms with Crippen molar-refractivity contribution in [2.75, 3.05) is 11.0 Å². The molecule has 1 N–H and O–H groups in total. The average molecular weight is 353 g/mol. The summed E-state index contributed by atoms with van der Waals surface area (Å²) in [6.07, 6.45) is 7.81. The third-order valence-electron chi connectivity index (χ3n) is 4.10. The van der Waals surface area contributed by atoms with Crippen LogP contribution in [0, 0.1) is 13.8 Å². The van der Waals surface area contributed by atoms with Gasteiger partial charge in [-0.05, 0) is 44.5 Å². The molecule has 0 bridgehead atoms. The molecule has 0 aliphatic heterocycles. The van der Waals surface area contributed by atoms with Gasteiger partial charge in [-0.3, -0.25) is 4.98 Å². The summed E-state index contributed by atoms with van der Waals surface area (Å²) in [5.41, 5.74) is 6.48. The number of aryl methyl sites for hydroxylation is 2. The minimum absolute atomic E-state index is 0.859. The van der Waals surface area contributed by atoms with Crippen LogP contribution in [-0.2, 0) is 6.42 Å². The normalized spacial score (nSPS) is 10.9. The fourth-order valence-corrected chi connectivity index (χ4v) is 3.34. The van der Waals surface area contributed by atoms with E-state index in [0.717, 1.165) is 52.6 Å². The highest BCUT2D eigenvalue weighted by atomic mass is 32.2. The molecule has 0 aliphatic rings. The predicted molar refractivity (Wildman–Crippen MR) is 105 cm³/mol. The molecule has 3 aromatic rings. The highest BCUT2D eigenvalue weighted by Crippen LogP contribution is 2.29. The van der Waals surface area contributed by atoms with Crippen LogP contribution >= 0.6 is 11.9 Å². The Labute approximate surface area is 153 Å². The Morgan fingerprint density at radius 3 is 2.68 bits per heavy atom. The van der Waals surface area contributed by atoms with Crippen molar-refractivity contribution in [1.29, 1.82) is 0 Å². The van der Waals surface area contributed by atoms with Crippen molar-refractivity contribution in [2.24, 2.45) is 0 Å². The summed E-state index contributed by atoms with van der Waals surface area (Å²) < 4.78 is 5.14. The van der Waals surface area contributed by atoms with Gasteiger partial charge < -0.3 is 4.72 Å². The third kappa shape index (κ3) is 3.69. The predicted octanol–water partition coefficient (Wildman–Crippen LogP) is 4.59. The van der Waals surface area contributed by atoms with Crippen molar-refractivity contribution >= 4 is 17.8 Å². The van der Waals surface area contributed by atoms with Gasteiger partial charge in [0.25, 0.3) is 0 Å². The lowest BCUT2D eigenvalue weighted by molar-refractivity contribution is 0.818. The van der Waals surface area contributed by atoms with E-state index in [1.807, 2.05) is 42.4 Å². The van der Waals surface area contributed by atoms with E-state index < -0.39 is 0 Å². The monoisotopic (exact) mass is 353 g/mol. The smallest absolute Gasteiger partial charge is 0.135 e. The van der Waals surface area contributed by atoms with Crippen molar-refractivity contribution in [3.63, 3.8) is 0 Å². The number of nitrogens with one attached hydrogen (secondary N) is 1. The molecule has 3 aromatic heterocycles.